The summed E-state index contributed by atoms with van der Waals surface area (Å²) in [7, 11) is 0. The highest BCUT2D eigenvalue weighted by Crippen LogP contribution is 2.28. The molecule has 0 spiro atoms. The molecule has 0 radical (unpaired) electrons. The van der Waals surface area contributed by atoms with E-state index in [1.54, 1.807) is 0 Å². The molecule has 0 bridgehead atoms. The lowest BCUT2D eigenvalue weighted by Gasteiger charge is -2.31. The zero-order chi connectivity index (χ0) is 15.1. The number of β-lactam (4-membered cyclic amide) rings is 1. The number of benzene rings is 1. The van der Waals surface area contributed by atoms with Gasteiger partial charge in [0.1, 0.15) is 24.8 Å². The number of esters is 1. The molecule has 21 heavy (non-hydrogen) atoms. The third-order valence-corrected chi connectivity index (χ3v) is 3.40. The van der Waals surface area contributed by atoms with Gasteiger partial charge in [-0.05, 0) is 6.07 Å². The second-order valence-electron chi connectivity index (χ2n) is 4.81. The van der Waals surface area contributed by atoms with Crippen LogP contribution in [-0.2, 0) is 14.3 Å². The molecule has 2 atom stereocenters. The molecular weight excluding hydrogens is 291 g/mol. The van der Waals surface area contributed by atoms with Crippen LogP contribution in [0.4, 0.5) is 13.2 Å². The topological polar surface area (TPSA) is 55.8 Å². The van der Waals surface area contributed by atoms with Gasteiger partial charge in [-0.3, -0.25) is 4.79 Å². The van der Waals surface area contributed by atoms with E-state index in [0.29, 0.717) is 12.5 Å². The smallest absolute Gasteiger partial charge is 0.341 e. The fourth-order valence-electron chi connectivity index (χ4n) is 2.27. The van der Waals surface area contributed by atoms with Crippen molar-refractivity contribution >= 4 is 11.9 Å². The Morgan fingerprint density at radius 3 is 2.67 bits per heavy atom. The summed E-state index contributed by atoms with van der Waals surface area (Å²) in [5.74, 6) is -5.08. The first-order valence-corrected chi connectivity index (χ1v) is 6.22. The van der Waals surface area contributed by atoms with E-state index in [0.717, 1.165) is 0 Å². The number of carbonyl (C=O) groups is 2. The predicted molar refractivity (Wildman–Crippen MR) is 61.6 cm³/mol. The van der Waals surface area contributed by atoms with E-state index in [2.05, 4.69) is 0 Å². The SMILES string of the molecule is O=C(OCC1CN2C(=O)CC2O1)c1cc(F)c(F)cc1F. The van der Waals surface area contributed by atoms with E-state index >= 15 is 0 Å². The van der Waals surface area contributed by atoms with Crippen molar-refractivity contribution in [2.75, 3.05) is 13.2 Å². The zero-order valence-electron chi connectivity index (χ0n) is 10.6. The lowest BCUT2D eigenvalue weighted by Crippen LogP contribution is -2.48. The lowest BCUT2D eigenvalue weighted by molar-refractivity contribution is -0.156. The third-order valence-electron chi connectivity index (χ3n) is 3.40. The average Bonchev–Trinajstić information content (AvgIpc) is 2.77. The van der Waals surface area contributed by atoms with E-state index in [1.807, 2.05) is 0 Å². The number of hydrogen-bond donors (Lipinski definition) is 0. The van der Waals surface area contributed by atoms with Gasteiger partial charge in [-0.15, -0.1) is 0 Å². The van der Waals surface area contributed by atoms with Crippen molar-refractivity contribution in [1.29, 1.82) is 0 Å². The molecule has 1 amide bonds. The Morgan fingerprint density at radius 2 is 2.00 bits per heavy atom. The molecule has 1 aromatic carbocycles. The number of ether oxygens (including phenoxy) is 2. The van der Waals surface area contributed by atoms with Crippen LogP contribution in [0.15, 0.2) is 12.1 Å². The maximum atomic E-state index is 13.4. The second kappa shape index (κ2) is 5.03. The summed E-state index contributed by atoms with van der Waals surface area (Å²) in [5, 5.41) is 0. The van der Waals surface area contributed by atoms with Crippen LogP contribution in [0.25, 0.3) is 0 Å². The first-order chi connectivity index (χ1) is 9.95. The average molecular weight is 301 g/mol. The van der Waals surface area contributed by atoms with Gasteiger partial charge in [-0.1, -0.05) is 0 Å². The molecule has 2 heterocycles. The normalized spacial score (nSPS) is 23.8. The van der Waals surface area contributed by atoms with Gasteiger partial charge in [0.2, 0.25) is 5.91 Å². The van der Waals surface area contributed by atoms with Crippen LogP contribution in [0.5, 0.6) is 0 Å². The Hall–Kier alpha value is -2.09. The first-order valence-electron chi connectivity index (χ1n) is 6.22. The molecule has 2 unspecified atom stereocenters. The van der Waals surface area contributed by atoms with Crippen LogP contribution in [0.2, 0.25) is 0 Å². The van der Waals surface area contributed by atoms with Gasteiger partial charge >= 0.3 is 5.97 Å². The lowest BCUT2D eigenvalue weighted by atomic mass is 10.2. The molecule has 0 saturated carbocycles. The van der Waals surface area contributed by atoms with Gasteiger partial charge in [-0.25, -0.2) is 18.0 Å². The first kappa shape index (κ1) is 13.9. The summed E-state index contributed by atoms with van der Waals surface area (Å²) < 4.78 is 49.3. The highest BCUT2D eigenvalue weighted by Gasteiger charge is 2.45. The summed E-state index contributed by atoms with van der Waals surface area (Å²) in [6.45, 7) is 0.0919. The number of carbonyl (C=O) groups excluding carboxylic acids is 2. The Labute approximate surface area is 117 Å². The third kappa shape index (κ3) is 2.46. The molecule has 112 valence electrons. The van der Waals surface area contributed by atoms with Crippen molar-refractivity contribution in [3.63, 3.8) is 0 Å². The molecular formula is C13H10F3NO4. The van der Waals surface area contributed by atoms with Crippen LogP contribution in [0, 0.1) is 17.5 Å². The van der Waals surface area contributed by atoms with Crippen LogP contribution >= 0.6 is 0 Å². The molecule has 0 N–H and O–H groups in total. The highest BCUT2D eigenvalue weighted by molar-refractivity contribution is 5.89. The quantitative estimate of drug-likeness (QED) is 0.478. The minimum absolute atomic E-state index is 0.0412. The number of hydrogen-bond acceptors (Lipinski definition) is 4. The number of nitrogens with zero attached hydrogens (tertiary/aromatic N) is 1. The van der Waals surface area contributed by atoms with Crippen LogP contribution in [-0.4, -0.2) is 42.3 Å². The number of rotatable bonds is 3. The largest absolute Gasteiger partial charge is 0.459 e. The standard InChI is InChI=1S/C13H10F3NO4/c14-8-2-10(16)9(15)1-7(8)13(19)20-5-6-4-17-11(18)3-12(17)21-6/h1-2,6,12H,3-5H2. The zero-order valence-corrected chi connectivity index (χ0v) is 10.6. The number of halogens is 3. The molecule has 2 saturated heterocycles. The Balaban J connectivity index is 1.60. The minimum atomic E-state index is -1.38. The van der Waals surface area contributed by atoms with Gasteiger partial charge < -0.3 is 14.4 Å². The number of fused-ring (bicyclic) bond motifs is 1. The fourth-order valence-corrected chi connectivity index (χ4v) is 2.27. The second-order valence-corrected chi connectivity index (χ2v) is 4.81. The van der Waals surface area contributed by atoms with E-state index in [4.69, 9.17) is 9.47 Å². The predicted octanol–water partition coefficient (Wildman–Crippen LogP) is 1.22. The van der Waals surface area contributed by atoms with E-state index in [1.165, 1.54) is 4.90 Å². The molecule has 2 aliphatic heterocycles. The summed E-state index contributed by atoms with van der Waals surface area (Å²) in [6.07, 6.45) is -0.498. The summed E-state index contributed by atoms with van der Waals surface area (Å²) in [6, 6.07) is 0.724. The summed E-state index contributed by atoms with van der Waals surface area (Å²) >= 11 is 0. The molecule has 0 aromatic heterocycles. The summed E-state index contributed by atoms with van der Waals surface area (Å²) in [5.41, 5.74) is -0.689. The van der Waals surface area contributed by atoms with Crippen LogP contribution < -0.4 is 0 Å². The maximum Gasteiger partial charge on any atom is 0.341 e. The van der Waals surface area contributed by atoms with Crippen molar-refractivity contribution in [2.24, 2.45) is 0 Å². The molecule has 0 aliphatic carbocycles. The van der Waals surface area contributed by atoms with Crippen molar-refractivity contribution in [1.82, 2.24) is 4.90 Å². The maximum absolute atomic E-state index is 13.4. The summed E-state index contributed by atoms with van der Waals surface area (Å²) in [4.78, 5) is 24.3. The van der Waals surface area contributed by atoms with Crippen molar-refractivity contribution in [2.45, 2.75) is 18.8 Å². The van der Waals surface area contributed by atoms with Crippen molar-refractivity contribution < 1.29 is 32.2 Å². The Bertz CT molecular complexity index is 622. The monoisotopic (exact) mass is 301 g/mol. The van der Waals surface area contributed by atoms with E-state index in [9.17, 15) is 22.8 Å². The van der Waals surface area contributed by atoms with Gasteiger partial charge in [0.25, 0.3) is 0 Å². The van der Waals surface area contributed by atoms with Gasteiger partial charge in [0.05, 0.1) is 18.5 Å². The molecule has 3 rings (SSSR count). The molecule has 2 fully saturated rings. The minimum Gasteiger partial charge on any atom is -0.459 e. The van der Waals surface area contributed by atoms with Gasteiger partial charge in [-0.2, -0.15) is 0 Å². The Morgan fingerprint density at radius 1 is 1.29 bits per heavy atom. The van der Waals surface area contributed by atoms with Gasteiger partial charge in [0, 0.05) is 6.07 Å². The van der Waals surface area contributed by atoms with Crippen LogP contribution in [0.1, 0.15) is 16.8 Å². The van der Waals surface area contributed by atoms with Crippen molar-refractivity contribution in [3.8, 4) is 0 Å². The van der Waals surface area contributed by atoms with E-state index in [-0.39, 0.29) is 31.4 Å². The molecule has 5 nitrogen and oxygen atoms in total. The van der Waals surface area contributed by atoms with E-state index < -0.39 is 35.1 Å². The number of amides is 1. The molecule has 8 heteroatoms. The fraction of sp³-hybridized carbons (Fsp3) is 0.385. The van der Waals surface area contributed by atoms with Gasteiger partial charge in [0.15, 0.2) is 11.6 Å². The van der Waals surface area contributed by atoms with Crippen molar-refractivity contribution in [3.05, 3.63) is 35.1 Å². The highest BCUT2D eigenvalue weighted by atomic mass is 19.2. The molecule has 2 aliphatic rings. The van der Waals surface area contributed by atoms with Crippen LogP contribution in [0.3, 0.4) is 0 Å². The Kier molecular flexibility index (Phi) is 3.32. The molecule has 1 aromatic rings.